The van der Waals surface area contributed by atoms with E-state index >= 15 is 0 Å². The number of nitrogens with zero attached hydrogens (tertiary/aromatic N) is 2. The highest BCUT2D eigenvalue weighted by Crippen LogP contribution is 2.27. The van der Waals surface area contributed by atoms with Crippen molar-refractivity contribution in [3.63, 3.8) is 0 Å². The van der Waals surface area contributed by atoms with Gasteiger partial charge in [-0.05, 0) is 25.3 Å². The Hall–Kier alpha value is -0.850. The first-order valence-electron chi connectivity index (χ1n) is 6.78. The fourth-order valence-corrected chi connectivity index (χ4v) is 4.57. The van der Waals surface area contributed by atoms with Gasteiger partial charge in [0, 0.05) is 31.5 Å². The largest absolute Gasteiger partial charge is 0.390 e. The first-order chi connectivity index (χ1) is 9.00. The normalized spacial score (nSPS) is 21.7. The molecule has 0 bridgehead atoms. The molecule has 19 heavy (non-hydrogen) atoms. The van der Waals surface area contributed by atoms with E-state index in [0.29, 0.717) is 17.1 Å². The Labute approximate surface area is 114 Å². The first kappa shape index (κ1) is 14.6. The molecule has 0 spiro atoms. The highest BCUT2D eigenvalue weighted by atomic mass is 32.2. The zero-order chi connectivity index (χ0) is 14.0. The van der Waals surface area contributed by atoms with Crippen molar-refractivity contribution in [3.8, 4) is 0 Å². The number of piperidine rings is 1. The second-order valence-corrected chi connectivity index (χ2v) is 7.00. The van der Waals surface area contributed by atoms with E-state index in [9.17, 15) is 13.5 Å². The maximum Gasteiger partial charge on any atom is 0.244 e. The van der Waals surface area contributed by atoms with E-state index in [0.717, 1.165) is 25.7 Å². The van der Waals surface area contributed by atoms with Gasteiger partial charge in [0.15, 0.2) is 0 Å². The molecule has 1 saturated heterocycles. The van der Waals surface area contributed by atoms with Crippen LogP contribution in [0.1, 0.15) is 38.3 Å². The van der Waals surface area contributed by atoms with Crippen LogP contribution in [0.2, 0.25) is 0 Å². The highest BCUT2D eigenvalue weighted by molar-refractivity contribution is 7.89. The molecule has 0 saturated carbocycles. The third-order valence-electron chi connectivity index (χ3n) is 3.90. The number of aliphatic hydroxyl groups is 1. The van der Waals surface area contributed by atoms with Gasteiger partial charge in [0.25, 0.3) is 0 Å². The van der Waals surface area contributed by atoms with Gasteiger partial charge in [-0.2, -0.15) is 4.31 Å². The van der Waals surface area contributed by atoms with E-state index in [-0.39, 0.29) is 12.6 Å². The lowest BCUT2D eigenvalue weighted by atomic mass is 10.0. The number of sulfonamides is 1. The molecule has 0 radical (unpaired) electrons. The number of aromatic nitrogens is 1. The van der Waals surface area contributed by atoms with Crippen LogP contribution in [-0.4, -0.2) is 35.0 Å². The molecule has 1 fully saturated rings. The van der Waals surface area contributed by atoms with Crippen LogP contribution in [0.5, 0.6) is 0 Å². The third-order valence-corrected chi connectivity index (χ3v) is 5.81. The summed E-state index contributed by atoms with van der Waals surface area (Å²) in [4.78, 5) is 0.291. The summed E-state index contributed by atoms with van der Waals surface area (Å²) in [5.74, 6) is 0. The van der Waals surface area contributed by atoms with Gasteiger partial charge in [0.1, 0.15) is 4.90 Å². The summed E-state index contributed by atoms with van der Waals surface area (Å²) in [5, 5.41) is 9.18. The van der Waals surface area contributed by atoms with Crippen molar-refractivity contribution in [1.82, 2.24) is 8.87 Å². The topological polar surface area (TPSA) is 62.5 Å². The minimum absolute atomic E-state index is 0.108. The first-order valence-corrected chi connectivity index (χ1v) is 8.22. The Kier molecular flexibility index (Phi) is 4.32. The number of aryl methyl sites for hydroxylation is 1. The lowest BCUT2D eigenvalue weighted by Crippen LogP contribution is -2.43. The average Bonchev–Trinajstić information content (AvgIpc) is 2.80. The molecular weight excluding hydrogens is 264 g/mol. The van der Waals surface area contributed by atoms with E-state index in [1.165, 1.54) is 0 Å². The minimum atomic E-state index is -3.43. The predicted octanol–water partition coefficient (Wildman–Crippen LogP) is 1.47. The maximum absolute atomic E-state index is 12.7. The molecule has 2 rings (SSSR count). The van der Waals surface area contributed by atoms with E-state index in [2.05, 4.69) is 0 Å². The molecular formula is C13H22N2O3S. The molecule has 0 aromatic carbocycles. The summed E-state index contributed by atoms with van der Waals surface area (Å²) in [6.07, 6.45) is 5.40. The molecule has 1 unspecified atom stereocenters. The number of rotatable bonds is 4. The van der Waals surface area contributed by atoms with Crippen molar-refractivity contribution in [2.24, 2.45) is 7.05 Å². The molecule has 1 aromatic rings. The van der Waals surface area contributed by atoms with E-state index in [4.69, 9.17) is 0 Å². The molecule has 6 heteroatoms. The summed E-state index contributed by atoms with van der Waals surface area (Å²) in [7, 11) is -1.69. The van der Waals surface area contributed by atoms with Crippen LogP contribution in [0.3, 0.4) is 0 Å². The quantitative estimate of drug-likeness (QED) is 0.911. The summed E-state index contributed by atoms with van der Waals surface area (Å²) >= 11 is 0. The van der Waals surface area contributed by atoms with Crippen molar-refractivity contribution < 1.29 is 13.5 Å². The Bertz CT molecular complexity index is 536. The van der Waals surface area contributed by atoms with E-state index in [1.54, 1.807) is 28.2 Å². The Morgan fingerprint density at radius 3 is 2.74 bits per heavy atom. The van der Waals surface area contributed by atoms with Crippen LogP contribution in [0, 0.1) is 0 Å². The van der Waals surface area contributed by atoms with Crippen LogP contribution < -0.4 is 0 Å². The predicted molar refractivity (Wildman–Crippen MR) is 73.2 cm³/mol. The summed E-state index contributed by atoms with van der Waals surface area (Å²) in [6.45, 7) is 2.48. The fourth-order valence-electron chi connectivity index (χ4n) is 2.71. The Morgan fingerprint density at radius 1 is 1.42 bits per heavy atom. The van der Waals surface area contributed by atoms with Gasteiger partial charge in [-0.25, -0.2) is 8.42 Å². The molecule has 108 valence electrons. The highest BCUT2D eigenvalue weighted by Gasteiger charge is 2.33. The number of hydrogen-bond acceptors (Lipinski definition) is 3. The summed E-state index contributed by atoms with van der Waals surface area (Å²) < 4.78 is 28.6. The third kappa shape index (κ3) is 2.70. The van der Waals surface area contributed by atoms with Crippen LogP contribution >= 0.6 is 0 Å². The number of hydrogen-bond donors (Lipinski definition) is 1. The molecule has 1 atom stereocenters. The van der Waals surface area contributed by atoms with Gasteiger partial charge in [-0.3, -0.25) is 0 Å². The summed E-state index contributed by atoms with van der Waals surface area (Å²) in [5.41, 5.74) is 0.614. The van der Waals surface area contributed by atoms with Gasteiger partial charge in [-0.1, -0.05) is 13.3 Å². The lowest BCUT2D eigenvalue weighted by molar-refractivity contribution is 0.246. The maximum atomic E-state index is 12.7. The van der Waals surface area contributed by atoms with Gasteiger partial charge < -0.3 is 9.67 Å². The zero-order valence-electron chi connectivity index (χ0n) is 11.5. The van der Waals surface area contributed by atoms with Crippen LogP contribution in [0.4, 0.5) is 0 Å². The van der Waals surface area contributed by atoms with Crippen LogP contribution in [-0.2, 0) is 23.7 Å². The van der Waals surface area contributed by atoms with Gasteiger partial charge in [-0.15, -0.1) is 0 Å². The molecule has 1 aliphatic rings. The number of aliphatic hydroxyl groups excluding tert-OH is 1. The minimum Gasteiger partial charge on any atom is -0.390 e. The van der Waals surface area contributed by atoms with Gasteiger partial charge >= 0.3 is 0 Å². The molecule has 1 aliphatic heterocycles. The van der Waals surface area contributed by atoms with Crippen molar-refractivity contribution in [1.29, 1.82) is 0 Å². The van der Waals surface area contributed by atoms with Crippen molar-refractivity contribution in [3.05, 3.63) is 18.0 Å². The van der Waals surface area contributed by atoms with Crippen LogP contribution in [0.25, 0.3) is 0 Å². The average molecular weight is 286 g/mol. The van der Waals surface area contributed by atoms with Gasteiger partial charge in [0.05, 0.1) is 6.61 Å². The van der Waals surface area contributed by atoms with Crippen molar-refractivity contribution >= 4 is 10.0 Å². The Balaban J connectivity index is 2.34. The second kappa shape index (κ2) is 5.64. The smallest absolute Gasteiger partial charge is 0.244 e. The van der Waals surface area contributed by atoms with Crippen molar-refractivity contribution in [2.45, 2.75) is 50.2 Å². The van der Waals surface area contributed by atoms with Gasteiger partial charge in [0.2, 0.25) is 10.0 Å². The van der Waals surface area contributed by atoms with E-state index < -0.39 is 10.0 Å². The lowest BCUT2D eigenvalue weighted by Gasteiger charge is -2.33. The monoisotopic (exact) mass is 286 g/mol. The van der Waals surface area contributed by atoms with E-state index in [1.807, 2.05) is 6.92 Å². The standard InChI is InChI=1S/C13H22N2O3S/c1-3-11-6-4-5-7-15(11)19(17,18)13-8-12(10-16)14(2)9-13/h8-9,11,16H,3-7,10H2,1-2H3. The molecule has 1 N–H and O–H groups in total. The molecule has 0 amide bonds. The molecule has 2 heterocycles. The van der Waals surface area contributed by atoms with Crippen LogP contribution in [0.15, 0.2) is 17.2 Å². The SMILES string of the molecule is CCC1CCCCN1S(=O)(=O)c1cc(CO)n(C)c1. The van der Waals surface area contributed by atoms with Crippen molar-refractivity contribution in [2.75, 3.05) is 6.54 Å². The second-order valence-electron chi connectivity index (χ2n) is 5.11. The molecule has 0 aliphatic carbocycles. The summed E-state index contributed by atoms with van der Waals surface area (Å²) in [6, 6.07) is 1.67. The Morgan fingerprint density at radius 2 is 2.16 bits per heavy atom. The zero-order valence-corrected chi connectivity index (χ0v) is 12.4. The molecule has 1 aromatic heterocycles. The fraction of sp³-hybridized carbons (Fsp3) is 0.692. The molecule has 5 nitrogen and oxygen atoms in total.